The van der Waals surface area contributed by atoms with Crippen LogP contribution in [-0.4, -0.2) is 39.4 Å². The molecule has 0 saturated heterocycles. The van der Waals surface area contributed by atoms with Gasteiger partial charge in [0.05, 0.1) is 24.2 Å². The van der Waals surface area contributed by atoms with Gasteiger partial charge in [-0.05, 0) is 6.07 Å². The minimum atomic E-state index is -0.619. The lowest BCUT2D eigenvalue weighted by atomic mass is 10.3. The molecule has 7 heteroatoms. The molecule has 0 unspecified atom stereocenters. The van der Waals surface area contributed by atoms with Crippen molar-refractivity contribution in [3.05, 3.63) is 28.6 Å². The van der Waals surface area contributed by atoms with Gasteiger partial charge in [-0.15, -0.1) is 0 Å². The van der Waals surface area contributed by atoms with Crippen molar-refractivity contribution in [3.63, 3.8) is 0 Å². The lowest BCUT2D eigenvalue weighted by Gasteiger charge is -2.14. The molecule has 0 aliphatic heterocycles. The molecule has 0 spiro atoms. The second-order valence-electron chi connectivity index (χ2n) is 2.86. The first-order valence-electron chi connectivity index (χ1n) is 4.25. The van der Waals surface area contributed by atoms with Gasteiger partial charge in [0.15, 0.2) is 0 Å². The Kier molecular flexibility index (Phi) is 3.95. The van der Waals surface area contributed by atoms with E-state index in [1.165, 1.54) is 12.3 Å². The summed E-state index contributed by atoms with van der Waals surface area (Å²) in [4.78, 5) is 13.6. The minimum Gasteiger partial charge on any atom is -0.394 e. The van der Waals surface area contributed by atoms with Gasteiger partial charge in [0.2, 0.25) is 0 Å². The zero-order chi connectivity index (χ0) is 11.3. The summed E-state index contributed by atoms with van der Waals surface area (Å²) in [7, 11) is 0. The van der Waals surface area contributed by atoms with Crippen LogP contribution in [0, 0.1) is 10.1 Å². The van der Waals surface area contributed by atoms with E-state index in [2.05, 4.69) is 10.3 Å². The minimum absolute atomic E-state index is 0.190. The first-order valence-corrected chi connectivity index (χ1v) is 4.25. The maximum Gasteiger partial charge on any atom is 0.310 e. The topological polar surface area (TPSA) is 109 Å². The Labute approximate surface area is 85.5 Å². The number of aliphatic hydroxyl groups is 2. The molecule has 0 saturated carbocycles. The van der Waals surface area contributed by atoms with Crippen LogP contribution in [-0.2, 0) is 0 Å². The number of nitro groups is 1. The van der Waals surface area contributed by atoms with Gasteiger partial charge >= 0.3 is 5.69 Å². The molecule has 0 bridgehead atoms. The maximum absolute atomic E-state index is 10.6. The number of aromatic nitrogens is 1. The van der Waals surface area contributed by atoms with E-state index in [1.807, 2.05) is 0 Å². The number of hydrogen-bond acceptors (Lipinski definition) is 6. The summed E-state index contributed by atoms with van der Waals surface area (Å²) < 4.78 is 0. The molecule has 1 aromatic heterocycles. The Hall–Kier alpha value is -1.73. The second-order valence-corrected chi connectivity index (χ2v) is 2.86. The Bertz CT molecular complexity index is 340. The van der Waals surface area contributed by atoms with Gasteiger partial charge in [-0.1, -0.05) is 0 Å². The Balaban J connectivity index is 2.88. The van der Waals surface area contributed by atoms with Crippen LogP contribution in [0.3, 0.4) is 0 Å². The van der Waals surface area contributed by atoms with E-state index in [9.17, 15) is 10.1 Å². The fourth-order valence-electron chi connectivity index (χ4n) is 1.02. The molecule has 0 aromatic carbocycles. The summed E-state index contributed by atoms with van der Waals surface area (Å²) in [5, 5.41) is 30.8. The molecule has 0 radical (unpaired) electrons. The second kappa shape index (κ2) is 5.23. The highest BCUT2D eigenvalue weighted by Crippen LogP contribution is 2.22. The van der Waals surface area contributed by atoms with E-state index in [4.69, 9.17) is 10.2 Å². The van der Waals surface area contributed by atoms with Gasteiger partial charge in [-0.3, -0.25) is 15.1 Å². The molecular formula is C8H11N3O4. The van der Waals surface area contributed by atoms with Gasteiger partial charge in [-0.2, -0.15) is 0 Å². The van der Waals surface area contributed by atoms with Crippen molar-refractivity contribution in [2.24, 2.45) is 0 Å². The molecular weight excluding hydrogens is 202 g/mol. The lowest BCUT2D eigenvalue weighted by Crippen LogP contribution is -2.28. The molecule has 1 heterocycles. The van der Waals surface area contributed by atoms with E-state index in [1.54, 1.807) is 0 Å². The normalized spacial score (nSPS) is 10.3. The molecule has 7 nitrogen and oxygen atoms in total. The number of nitrogens with one attached hydrogen (secondary N) is 1. The largest absolute Gasteiger partial charge is 0.394 e. The highest BCUT2D eigenvalue weighted by atomic mass is 16.6. The van der Waals surface area contributed by atoms with Gasteiger partial charge in [0.25, 0.3) is 0 Å². The number of pyridine rings is 1. The van der Waals surface area contributed by atoms with Crippen molar-refractivity contribution in [1.82, 2.24) is 4.98 Å². The first-order chi connectivity index (χ1) is 7.19. The lowest BCUT2D eigenvalue weighted by molar-refractivity contribution is -0.384. The molecule has 1 rings (SSSR count). The van der Waals surface area contributed by atoms with Crippen molar-refractivity contribution in [2.45, 2.75) is 6.04 Å². The van der Waals surface area contributed by atoms with Crippen LogP contribution in [0.4, 0.5) is 11.4 Å². The van der Waals surface area contributed by atoms with Crippen molar-refractivity contribution >= 4 is 11.4 Å². The van der Waals surface area contributed by atoms with E-state index >= 15 is 0 Å². The number of rotatable bonds is 5. The summed E-state index contributed by atoms with van der Waals surface area (Å²) in [6, 6.07) is 0.794. The third-order valence-corrected chi connectivity index (χ3v) is 1.80. The predicted octanol–water partition coefficient (Wildman–Crippen LogP) is -0.245. The third kappa shape index (κ3) is 2.86. The van der Waals surface area contributed by atoms with Crippen molar-refractivity contribution in [1.29, 1.82) is 0 Å². The number of anilines is 1. The van der Waals surface area contributed by atoms with Crippen LogP contribution >= 0.6 is 0 Å². The van der Waals surface area contributed by atoms with Gasteiger partial charge < -0.3 is 15.5 Å². The van der Waals surface area contributed by atoms with Crippen molar-refractivity contribution < 1.29 is 15.1 Å². The Morgan fingerprint density at radius 3 is 2.73 bits per heavy atom. The van der Waals surface area contributed by atoms with Crippen LogP contribution in [0.1, 0.15) is 0 Å². The molecule has 0 fully saturated rings. The highest BCUT2D eigenvalue weighted by Gasteiger charge is 2.15. The molecule has 0 atom stereocenters. The fourth-order valence-corrected chi connectivity index (χ4v) is 1.02. The van der Waals surface area contributed by atoms with Crippen LogP contribution in [0.15, 0.2) is 18.5 Å². The molecule has 15 heavy (non-hydrogen) atoms. The summed E-state index contributed by atoms with van der Waals surface area (Å²) in [6.07, 6.45) is 2.50. The van der Waals surface area contributed by atoms with E-state index < -0.39 is 11.0 Å². The summed E-state index contributed by atoms with van der Waals surface area (Å²) in [5.41, 5.74) is 0.0347. The van der Waals surface area contributed by atoms with Crippen LogP contribution in [0.2, 0.25) is 0 Å². The summed E-state index contributed by atoms with van der Waals surface area (Å²) >= 11 is 0. The Morgan fingerprint density at radius 1 is 1.53 bits per heavy atom. The van der Waals surface area contributed by atoms with E-state index in [-0.39, 0.29) is 24.6 Å². The average Bonchev–Trinajstić information content (AvgIpc) is 2.26. The number of hydrogen-bond donors (Lipinski definition) is 3. The zero-order valence-electron chi connectivity index (χ0n) is 7.83. The molecule has 0 aliphatic carbocycles. The van der Waals surface area contributed by atoms with E-state index in [0.717, 1.165) is 6.20 Å². The van der Waals surface area contributed by atoms with Crippen LogP contribution in [0.5, 0.6) is 0 Å². The molecule has 82 valence electrons. The van der Waals surface area contributed by atoms with Crippen LogP contribution in [0.25, 0.3) is 0 Å². The SMILES string of the molecule is O=[N+]([O-])c1cnccc1NC(CO)CO. The van der Waals surface area contributed by atoms with Gasteiger partial charge in [0, 0.05) is 6.20 Å². The zero-order valence-corrected chi connectivity index (χ0v) is 7.83. The molecule has 1 aromatic rings. The quantitative estimate of drug-likeness (QED) is 0.460. The molecule has 0 aliphatic rings. The summed E-state index contributed by atoms with van der Waals surface area (Å²) in [6.45, 7) is -0.619. The van der Waals surface area contributed by atoms with Crippen molar-refractivity contribution in [2.75, 3.05) is 18.5 Å². The number of nitrogens with zero attached hydrogens (tertiary/aromatic N) is 2. The smallest absolute Gasteiger partial charge is 0.310 e. The summed E-state index contributed by atoms with van der Waals surface area (Å²) in [5.74, 6) is 0. The third-order valence-electron chi connectivity index (χ3n) is 1.80. The van der Waals surface area contributed by atoms with Gasteiger partial charge in [-0.25, -0.2) is 0 Å². The number of aliphatic hydroxyl groups excluding tert-OH is 2. The average molecular weight is 213 g/mol. The predicted molar refractivity (Wildman–Crippen MR) is 52.5 cm³/mol. The maximum atomic E-state index is 10.6. The highest BCUT2D eigenvalue weighted by molar-refractivity contribution is 5.60. The Morgan fingerprint density at radius 2 is 2.20 bits per heavy atom. The van der Waals surface area contributed by atoms with Crippen molar-refractivity contribution in [3.8, 4) is 0 Å². The van der Waals surface area contributed by atoms with Gasteiger partial charge in [0.1, 0.15) is 11.9 Å². The van der Waals surface area contributed by atoms with E-state index in [0.29, 0.717) is 0 Å². The fraction of sp³-hybridized carbons (Fsp3) is 0.375. The standard InChI is InChI=1S/C8H11N3O4/c12-4-6(5-13)10-7-1-2-9-3-8(7)11(14)15/h1-3,6,12-13H,4-5H2,(H,9,10). The van der Waals surface area contributed by atoms with Crippen LogP contribution < -0.4 is 5.32 Å². The molecule has 3 N–H and O–H groups in total. The first kappa shape index (κ1) is 11.3. The monoisotopic (exact) mass is 213 g/mol. The molecule has 0 amide bonds.